The summed E-state index contributed by atoms with van der Waals surface area (Å²) >= 11 is 3.32. The molecule has 0 saturated heterocycles. The molecule has 0 aromatic heterocycles. The summed E-state index contributed by atoms with van der Waals surface area (Å²) < 4.78 is 19.4. The highest BCUT2D eigenvalue weighted by Crippen LogP contribution is 2.20. The molecule has 0 atom stereocenters. The van der Waals surface area contributed by atoms with Gasteiger partial charge >= 0.3 is 0 Å². The summed E-state index contributed by atoms with van der Waals surface area (Å²) in [5.74, 6) is -0.0129. The lowest BCUT2D eigenvalue weighted by Gasteiger charge is -2.04. The van der Waals surface area contributed by atoms with Gasteiger partial charge < -0.3 is 9.84 Å². The van der Waals surface area contributed by atoms with Gasteiger partial charge in [0.1, 0.15) is 12.4 Å². The molecule has 2 aromatic rings. The summed E-state index contributed by atoms with van der Waals surface area (Å²) in [6.45, 7) is 0.645. The Hall–Kier alpha value is -1.88. The molecule has 5 heteroatoms. The van der Waals surface area contributed by atoms with E-state index in [9.17, 15) is 9.50 Å². The summed E-state index contributed by atoms with van der Waals surface area (Å²) in [5.41, 5.74) is 0.616. The van der Waals surface area contributed by atoms with E-state index >= 15 is 0 Å². The molecule has 0 aliphatic heterocycles. The number of phenols is 1. The van der Waals surface area contributed by atoms with Gasteiger partial charge in [0.25, 0.3) is 0 Å². The van der Waals surface area contributed by atoms with E-state index in [0.29, 0.717) is 12.1 Å². The van der Waals surface area contributed by atoms with Gasteiger partial charge in [0.05, 0.1) is 6.54 Å². The molecule has 20 heavy (non-hydrogen) atoms. The molecule has 2 aromatic carbocycles. The van der Waals surface area contributed by atoms with E-state index in [1.54, 1.807) is 42.6 Å². The molecule has 2 rings (SSSR count). The zero-order chi connectivity index (χ0) is 14.4. The van der Waals surface area contributed by atoms with E-state index in [1.165, 1.54) is 6.07 Å². The molecular formula is C15H13BrFNO2. The first-order chi connectivity index (χ1) is 9.66. The summed E-state index contributed by atoms with van der Waals surface area (Å²) in [6.07, 6.45) is 1.56. The number of hydrogen-bond donors (Lipinski definition) is 1. The van der Waals surface area contributed by atoms with Gasteiger partial charge in [-0.2, -0.15) is 0 Å². The fourth-order valence-corrected chi connectivity index (χ4v) is 1.94. The third-order valence-electron chi connectivity index (χ3n) is 2.53. The first-order valence-electron chi connectivity index (χ1n) is 6.02. The molecule has 104 valence electrons. The topological polar surface area (TPSA) is 41.8 Å². The predicted molar refractivity (Wildman–Crippen MR) is 80.2 cm³/mol. The Bertz CT molecular complexity index is 617. The van der Waals surface area contributed by atoms with E-state index in [0.717, 1.165) is 4.47 Å². The molecule has 0 fully saturated rings. The first kappa shape index (κ1) is 14.5. The van der Waals surface area contributed by atoms with E-state index < -0.39 is 0 Å². The van der Waals surface area contributed by atoms with Gasteiger partial charge in [-0.1, -0.05) is 28.1 Å². The average molecular weight is 338 g/mol. The van der Waals surface area contributed by atoms with Crippen molar-refractivity contribution in [3.8, 4) is 11.5 Å². The largest absolute Gasteiger partial charge is 0.507 e. The number of halogens is 2. The van der Waals surface area contributed by atoms with Crippen LogP contribution in [0.5, 0.6) is 11.5 Å². The lowest BCUT2D eigenvalue weighted by atomic mass is 10.2. The van der Waals surface area contributed by atoms with Crippen LogP contribution in [0.1, 0.15) is 5.56 Å². The number of nitrogens with zero attached hydrogens (tertiary/aromatic N) is 1. The van der Waals surface area contributed by atoms with Gasteiger partial charge in [-0.05, 0) is 30.3 Å². The van der Waals surface area contributed by atoms with Crippen LogP contribution in [-0.4, -0.2) is 24.5 Å². The number of phenolic OH excluding ortho intramolecular Hbond substituents is 1. The number of benzene rings is 2. The quantitative estimate of drug-likeness (QED) is 0.666. The number of ether oxygens (including phenoxy) is 1. The molecule has 0 saturated carbocycles. The van der Waals surface area contributed by atoms with Gasteiger partial charge in [-0.3, -0.25) is 4.99 Å². The van der Waals surface area contributed by atoms with Crippen LogP contribution in [0.3, 0.4) is 0 Å². The zero-order valence-corrected chi connectivity index (χ0v) is 12.2. The molecule has 0 amide bonds. The van der Waals surface area contributed by atoms with Crippen LogP contribution in [0.2, 0.25) is 0 Å². The fraction of sp³-hybridized carbons (Fsp3) is 0.133. The van der Waals surface area contributed by atoms with Crippen molar-refractivity contribution in [3.63, 3.8) is 0 Å². The van der Waals surface area contributed by atoms with E-state index in [-0.39, 0.29) is 23.9 Å². The van der Waals surface area contributed by atoms with Crippen molar-refractivity contribution in [1.29, 1.82) is 0 Å². The second-order valence-electron chi connectivity index (χ2n) is 4.02. The molecule has 3 nitrogen and oxygen atoms in total. The van der Waals surface area contributed by atoms with Crippen LogP contribution in [0.4, 0.5) is 4.39 Å². The van der Waals surface area contributed by atoms with Crippen molar-refractivity contribution < 1.29 is 14.2 Å². The number of para-hydroxylation sites is 1. The third-order valence-corrected chi connectivity index (χ3v) is 3.03. The molecule has 0 unspecified atom stereocenters. The van der Waals surface area contributed by atoms with Crippen LogP contribution in [-0.2, 0) is 0 Å². The third kappa shape index (κ3) is 4.06. The number of hydrogen-bond acceptors (Lipinski definition) is 3. The minimum Gasteiger partial charge on any atom is -0.507 e. The minimum absolute atomic E-state index is 0.159. The van der Waals surface area contributed by atoms with Crippen LogP contribution >= 0.6 is 15.9 Å². The van der Waals surface area contributed by atoms with E-state index in [1.807, 2.05) is 0 Å². The number of rotatable bonds is 5. The van der Waals surface area contributed by atoms with Gasteiger partial charge in [0.15, 0.2) is 11.6 Å². The molecule has 1 N–H and O–H groups in total. The SMILES string of the molecule is Oc1ccc(Br)cc1C=NCCOc1ccccc1F. The van der Waals surface area contributed by atoms with E-state index in [4.69, 9.17) is 4.74 Å². The Morgan fingerprint density at radius 3 is 2.85 bits per heavy atom. The summed E-state index contributed by atoms with van der Waals surface area (Å²) in [7, 11) is 0. The Labute approximate surface area is 124 Å². The van der Waals surface area contributed by atoms with Crippen LogP contribution < -0.4 is 4.74 Å². The monoisotopic (exact) mass is 337 g/mol. The average Bonchev–Trinajstić information content (AvgIpc) is 2.44. The Morgan fingerprint density at radius 1 is 1.25 bits per heavy atom. The standard InChI is InChI=1S/C15H13BrFNO2/c16-12-5-6-14(19)11(9-12)10-18-7-8-20-15-4-2-1-3-13(15)17/h1-6,9-10,19H,7-8H2. The second-order valence-corrected chi connectivity index (χ2v) is 4.93. The Morgan fingerprint density at radius 2 is 2.05 bits per heavy atom. The molecule has 0 aliphatic carbocycles. The molecular weight excluding hydrogens is 325 g/mol. The van der Waals surface area contributed by atoms with Crippen molar-refractivity contribution in [3.05, 3.63) is 58.3 Å². The van der Waals surface area contributed by atoms with Crippen LogP contribution in [0, 0.1) is 5.82 Å². The maximum Gasteiger partial charge on any atom is 0.165 e. The number of aromatic hydroxyl groups is 1. The maximum atomic E-state index is 13.3. The van der Waals surface area contributed by atoms with Gasteiger partial charge in [0.2, 0.25) is 0 Å². The van der Waals surface area contributed by atoms with Gasteiger partial charge in [-0.15, -0.1) is 0 Å². The van der Waals surface area contributed by atoms with Crippen molar-refractivity contribution in [1.82, 2.24) is 0 Å². The van der Waals surface area contributed by atoms with Gasteiger partial charge in [0, 0.05) is 16.3 Å². The molecule has 0 bridgehead atoms. The molecule has 0 aliphatic rings. The summed E-state index contributed by atoms with van der Waals surface area (Å²) in [4.78, 5) is 4.14. The molecule has 0 spiro atoms. The Kier molecular flexibility index (Phi) is 5.12. The summed E-state index contributed by atoms with van der Waals surface area (Å²) in [6, 6.07) is 11.3. The lowest BCUT2D eigenvalue weighted by molar-refractivity contribution is 0.311. The van der Waals surface area contributed by atoms with Crippen molar-refractivity contribution in [2.45, 2.75) is 0 Å². The van der Waals surface area contributed by atoms with Crippen molar-refractivity contribution in [2.24, 2.45) is 4.99 Å². The molecule has 0 heterocycles. The van der Waals surface area contributed by atoms with Crippen molar-refractivity contribution in [2.75, 3.05) is 13.2 Å². The van der Waals surface area contributed by atoms with Crippen LogP contribution in [0.25, 0.3) is 0 Å². The highest BCUT2D eigenvalue weighted by atomic mass is 79.9. The normalized spacial score (nSPS) is 10.9. The zero-order valence-electron chi connectivity index (χ0n) is 10.6. The Balaban J connectivity index is 1.85. The number of aliphatic imine (C=N–C) groups is 1. The highest BCUT2D eigenvalue weighted by Gasteiger charge is 2.00. The second kappa shape index (κ2) is 7.05. The lowest BCUT2D eigenvalue weighted by Crippen LogP contribution is -2.02. The van der Waals surface area contributed by atoms with Crippen LogP contribution in [0.15, 0.2) is 51.9 Å². The first-order valence-corrected chi connectivity index (χ1v) is 6.82. The smallest absolute Gasteiger partial charge is 0.165 e. The van der Waals surface area contributed by atoms with Gasteiger partial charge in [-0.25, -0.2) is 4.39 Å². The van der Waals surface area contributed by atoms with Crippen molar-refractivity contribution >= 4 is 22.1 Å². The fourth-order valence-electron chi connectivity index (χ4n) is 1.56. The highest BCUT2D eigenvalue weighted by molar-refractivity contribution is 9.10. The maximum absolute atomic E-state index is 13.3. The van der Waals surface area contributed by atoms with E-state index in [2.05, 4.69) is 20.9 Å². The minimum atomic E-state index is -0.388. The predicted octanol–water partition coefficient (Wildman–Crippen LogP) is 3.79. The summed E-state index contributed by atoms with van der Waals surface area (Å²) in [5, 5.41) is 9.61. The molecule has 0 radical (unpaired) electrons.